The van der Waals surface area contributed by atoms with Gasteiger partial charge >= 0.3 is 0 Å². The van der Waals surface area contributed by atoms with Gasteiger partial charge in [0.25, 0.3) is 0 Å². The topological polar surface area (TPSA) is 71.9 Å². The van der Waals surface area contributed by atoms with Crippen molar-refractivity contribution >= 4 is 11.6 Å². The molecular formula is C21H19N3O3. The molecular weight excluding hydrogens is 342 g/mol. The van der Waals surface area contributed by atoms with E-state index in [1.165, 1.54) is 14.0 Å². The number of benzene rings is 2. The van der Waals surface area contributed by atoms with Crippen molar-refractivity contribution in [3.8, 4) is 28.1 Å². The summed E-state index contributed by atoms with van der Waals surface area (Å²) in [6.45, 7) is 1.45. The van der Waals surface area contributed by atoms with E-state index in [-0.39, 0.29) is 11.6 Å². The Kier molecular flexibility index (Phi) is 5.26. The van der Waals surface area contributed by atoms with Crippen molar-refractivity contribution in [2.45, 2.75) is 6.92 Å². The van der Waals surface area contributed by atoms with Crippen molar-refractivity contribution in [1.29, 1.82) is 0 Å². The SMILES string of the molecule is COc1ccc(-c2cc(-c3ccccc3)nc(N(C)N=O)c2C(C)=O)cc1. The first-order valence-corrected chi connectivity index (χ1v) is 8.38. The van der Waals surface area contributed by atoms with Crippen molar-refractivity contribution in [2.24, 2.45) is 5.29 Å². The molecule has 0 unspecified atom stereocenters. The molecule has 0 aliphatic heterocycles. The van der Waals surface area contributed by atoms with Crippen LogP contribution in [0.4, 0.5) is 5.82 Å². The maximum Gasteiger partial charge on any atom is 0.164 e. The van der Waals surface area contributed by atoms with E-state index in [0.717, 1.165) is 16.1 Å². The van der Waals surface area contributed by atoms with Gasteiger partial charge in [-0.05, 0) is 36.2 Å². The van der Waals surface area contributed by atoms with Crippen LogP contribution in [0.5, 0.6) is 5.75 Å². The predicted octanol–water partition coefficient (Wildman–Crippen LogP) is 4.74. The number of carbonyl (C=O) groups is 1. The fourth-order valence-corrected chi connectivity index (χ4v) is 2.91. The molecule has 0 aliphatic rings. The number of rotatable bonds is 6. The van der Waals surface area contributed by atoms with Crippen molar-refractivity contribution in [2.75, 3.05) is 19.2 Å². The molecule has 2 aromatic carbocycles. The highest BCUT2D eigenvalue weighted by atomic mass is 16.5. The number of carbonyl (C=O) groups excluding carboxylic acids is 1. The second kappa shape index (κ2) is 7.78. The molecule has 0 saturated heterocycles. The van der Waals surface area contributed by atoms with Crippen LogP contribution < -0.4 is 9.75 Å². The van der Waals surface area contributed by atoms with E-state index >= 15 is 0 Å². The summed E-state index contributed by atoms with van der Waals surface area (Å²) in [5.41, 5.74) is 3.38. The molecule has 3 rings (SSSR count). The Hall–Kier alpha value is -3.54. The van der Waals surface area contributed by atoms with Gasteiger partial charge in [0, 0.05) is 12.6 Å². The quantitative estimate of drug-likeness (QED) is 0.360. The molecule has 6 nitrogen and oxygen atoms in total. The largest absolute Gasteiger partial charge is 0.497 e. The summed E-state index contributed by atoms with van der Waals surface area (Å²) < 4.78 is 5.21. The molecule has 6 heteroatoms. The molecule has 0 radical (unpaired) electrons. The number of aromatic nitrogens is 1. The van der Waals surface area contributed by atoms with Crippen molar-refractivity contribution in [3.05, 3.63) is 71.1 Å². The summed E-state index contributed by atoms with van der Waals surface area (Å²) in [5.74, 6) is 0.746. The van der Waals surface area contributed by atoms with E-state index in [1.807, 2.05) is 60.7 Å². The van der Waals surface area contributed by atoms with Gasteiger partial charge in [-0.2, -0.15) is 0 Å². The minimum atomic E-state index is -0.196. The van der Waals surface area contributed by atoms with Gasteiger partial charge in [0.15, 0.2) is 11.6 Å². The summed E-state index contributed by atoms with van der Waals surface area (Å²) >= 11 is 0. The minimum Gasteiger partial charge on any atom is -0.497 e. The highest BCUT2D eigenvalue weighted by molar-refractivity contribution is 6.06. The fraction of sp³-hybridized carbons (Fsp3) is 0.143. The summed E-state index contributed by atoms with van der Waals surface area (Å²) in [4.78, 5) is 28.1. The molecule has 1 aromatic heterocycles. The Balaban J connectivity index is 2.30. The van der Waals surface area contributed by atoms with Crippen LogP contribution in [0.3, 0.4) is 0 Å². The lowest BCUT2D eigenvalue weighted by molar-refractivity contribution is 0.101. The number of methoxy groups -OCH3 is 1. The van der Waals surface area contributed by atoms with E-state index < -0.39 is 0 Å². The van der Waals surface area contributed by atoms with Crippen molar-refractivity contribution in [1.82, 2.24) is 4.98 Å². The van der Waals surface area contributed by atoms with Gasteiger partial charge in [-0.1, -0.05) is 42.5 Å². The summed E-state index contributed by atoms with van der Waals surface area (Å²) in [6, 6.07) is 18.8. The molecule has 0 aliphatic carbocycles. The van der Waals surface area contributed by atoms with E-state index in [4.69, 9.17) is 4.74 Å². The molecule has 0 fully saturated rings. The number of hydrogen-bond donors (Lipinski definition) is 0. The number of Topliss-reactive ketones (excluding diaryl/α,β-unsaturated/α-hetero) is 1. The number of ketones is 1. The molecule has 27 heavy (non-hydrogen) atoms. The normalized spacial score (nSPS) is 10.3. The Morgan fingerprint density at radius 3 is 2.26 bits per heavy atom. The summed E-state index contributed by atoms with van der Waals surface area (Å²) in [5, 5.41) is 4.03. The minimum absolute atomic E-state index is 0.196. The third-order valence-corrected chi connectivity index (χ3v) is 4.25. The van der Waals surface area contributed by atoms with Gasteiger partial charge in [-0.3, -0.25) is 4.79 Å². The predicted molar refractivity (Wildman–Crippen MR) is 106 cm³/mol. The highest BCUT2D eigenvalue weighted by Crippen LogP contribution is 2.35. The third kappa shape index (κ3) is 3.69. The van der Waals surface area contributed by atoms with Crippen LogP contribution in [0.25, 0.3) is 22.4 Å². The molecule has 0 spiro atoms. The van der Waals surface area contributed by atoms with Crippen LogP contribution in [0, 0.1) is 4.91 Å². The summed E-state index contributed by atoms with van der Waals surface area (Å²) in [7, 11) is 3.08. The van der Waals surface area contributed by atoms with E-state index in [1.54, 1.807) is 7.11 Å². The standard InChI is InChI=1S/C21H19N3O3/c1-14(25)20-18(15-9-11-17(27-3)12-10-15)13-19(16-7-5-4-6-8-16)22-21(20)24(2)23-26/h4-13H,1-3H3. The van der Waals surface area contributed by atoms with Crippen LogP contribution in [0.1, 0.15) is 17.3 Å². The second-order valence-corrected chi connectivity index (χ2v) is 6.01. The Morgan fingerprint density at radius 1 is 1.04 bits per heavy atom. The highest BCUT2D eigenvalue weighted by Gasteiger charge is 2.21. The first-order chi connectivity index (χ1) is 13.0. The maximum atomic E-state index is 12.4. The smallest absolute Gasteiger partial charge is 0.164 e. The zero-order chi connectivity index (χ0) is 19.4. The molecule has 0 amide bonds. The number of pyridine rings is 1. The monoisotopic (exact) mass is 361 g/mol. The Morgan fingerprint density at radius 2 is 1.70 bits per heavy atom. The fourth-order valence-electron chi connectivity index (χ4n) is 2.91. The molecule has 3 aromatic rings. The molecule has 1 heterocycles. The molecule has 0 saturated carbocycles. The average molecular weight is 361 g/mol. The number of anilines is 1. The van der Waals surface area contributed by atoms with Crippen LogP contribution in [-0.4, -0.2) is 24.9 Å². The first kappa shape index (κ1) is 18.3. The van der Waals surface area contributed by atoms with Crippen LogP contribution in [-0.2, 0) is 0 Å². The van der Waals surface area contributed by atoms with Gasteiger partial charge in [0.05, 0.1) is 23.7 Å². The van der Waals surface area contributed by atoms with Gasteiger partial charge in [0.1, 0.15) is 5.75 Å². The van der Waals surface area contributed by atoms with Gasteiger partial charge in [-0.15, -0.1) is 4.91 Å². The van der Waals surface area contributed by atoms with Crippen LogP contribution in [0.2, 0.25) is 0 Å². The van der Waals surface area contributed by atoms with E-state index in [2.05, 4.69) is 10.3 Å². The van der Waals surface area contributed by atoms with E-state index in [9.17, 15) is 9.70 Å². The average Bonchev–Trinajstić information content (AvgIpc) is 2.72. The van der Waals surface area contributed by atoms with Gasteiger partial charge < -0.3 is 4.74 Å². The second-order valence-electron chi connectivity index (χ2n) is 6.01. The van der Waals surface area contributed by atoms with Gasteiger partial charge in [0.2, 0.25) is 0 Å². The van der Waals surface area contributed by atoms with E-state index in [0.29, 0.717) is 22.6 Å². The number of hydrogen-bond acceptors (Lipinski definition) is 5. The molecule has 0 atom stereocenters. The molecule has 136 valence electrons. The first-order valence-electron chi connectivity index (χ1n) is 8.38. The summed E-state index contributed by atoms with van der Waals surface area (Å²) in [6.07, 6.45) is 0. The lowest BCUT2D eigenvalue weighted by Crippen LogP contribution is -2.15. The zero-order valence-electron chi connectivity index (χ0n) is 15.3. The molecule has 0 bridgehead atoms. The maximum absolute atomic E-state index is 12.4. The molecule has 0 N–H and O–H groups in total. The third-order valence-electron chi connectivity index (χ3n) is 4.25. The number of ether oxygens (including phenoxy) is 1. The Labute approximate surface area is 157 Å². The van der Waals surface area contributed by atoms with Crippen LogP contribution >= 0.6 is 0 Å². The lowest BCUT2D eigenvalue weighted by Gasteiger charge is -2.18. The van der Waals surface area contributed by atoms with Crippen molar-refractivity contribution < 1.29 is 9.53 Å². The number of nitroso groups, excluding NO2 is 1. The van der Waals surface area contributed by atoms with Gasteiger partial charge in [-0.25, -0.2) is 9.99 Å². The van der Waals surface area contributed by atoms with Crippen LogP contribution in [0.15, 0.2) is 65.9 Å². The van der Waals surface area contributed by atoms with Crippen molar-refractivity contribution in [3.63, 3.8) is 0 Å². The lowest BCUT2D eigenvalue weighted by atomic mass is 9.95. The zero-order valence-corrected chi connectivity index (χ0v) is 15.3. The number of nitrogens with zero attached hydrogens (tertiary/aromatic N) is 3. The Bertz CT molecular complexity index is 970.